The van der Waals surface area contributed by atoms with Gasteiger partial charge in [-0.15, -0.1) is 0 Å². The van der Waals surface area contributed by atoms with Crippen molar-refractivity contribution < 1.29 is 4.79 Å². The number of para-hydroxylation sites is 1. The van der Waals surface area contributed by atoms with E-state index in [1.165, 1.54) is 0 Å². The van der Waals surface area contributed by atoms with Gasteiger partial charge in [-0.25, -0.2) is 0 Å². The van der Waals surface area contributed by atoms with Crippen LogP contribution in [0.5, 0.6) is 0 Å². The van der Waals surface area contributed by atoms with Crippen LogP contribution < -0.4 is 10.2 Å². The molecule has 0 radical (unpaired) electrons. The number of pyridine rings is 1. The third-order valence-corrected chi connectivity index (χ3v) is 4.16. The van der Waals surface area contributed by atoms with Gasteiger partial charge >= 0.3 is 0 Å². The Balaban J connectivity index is 1.76. The third kappa shape index (κ3) is 4.04. The fraction of sp³-hybridized carbons (Fsp3) is 0.143. The fourth-order valence-corrected chi connectivity index (χ4v) is 2.64. The number of amides is 1. The summed E-state index contributed by atoms with van der Waals surface area (Å²) in [5.74, 6) is -0.132. The van der Waals surface area contributed by atoms with Crippen molar-refractivity contribution in [3.05, 3.63) is 90.3 Å². The van der Waals surface area contributed by atoms with E-state index in [4.69, 9.17) is 0 Å². The molecule has 1 heterocycles. The van der Waals surface area contributed by atoms with Gasteiger partial charge in [0.2, 0.25) is 0 Å². The summed E-state index contributed by atoms with van der Waals surface area (Å²) in [5, 5.41) is 3.02. The lowest BCUT2D eigenvalue weighted by Gasteiger charge is -2.20. The van der Waals surface area contributed by atoms with Gasteiger partial charge in [-0.2, -0.15) is 0 Å². The van der Waals surface area contributed by atoms with Gasteiger partial charge in [-0.05, 0) is 30.7 Å². The maximum absolute atomic E-state index is 12.6. The maximum atomic E-state index is 12.6. The van der Waals surface area contributed by atoms with Gasteiger partial charge in [0.25, 0.3) is 5.91 Å². The molecule has 2 aromatic carbocycles. The average molecular weight is 331 g/mol. The molecule has 0 fully saturated rings. The zero-order valence-corrected chi connectivity index (χ0v) is 14.4. The molecule has 0 saturated carbocycles. The second-order valence-electron chi connectivity index (χ2n) is 5.93. The molecule has 4 nitrogen and oxygen atoms in total. The minimum absolute atomic E-state index is 0.0655. The Kier molecular flexibility index (Phi) is 5.09. The lowest BCUT2D eigenvalue weighted by Crippen LogP contribution is -2.27. The van der Waals surface area contributed by atoms with Gasteiger partial charge in [0, 0.05) is 18.9 Å². The number of rotatable bonds is 5. The monoisotopic (exact) mass is 331 g/mol. The first-order chi connectivity index (χ1) is 12.1. The smallest absolute Gasteiger partial charge is 0.253 e. The van der Waals surface area contributed by atoms with E-state index in [9.17, 15) is 4.79 Å². The van der Waals surface area contributed by atoms with Crippen LogP contribution in [0.4, 0.5) is 11.4 Å². The number of carbonyl (C=O) groups is 1. The van der Waals surface area contributed by atoms with Crippen molar-refractivity contribution in [1.29, 1.82) is 0 Å². The number of hydrogen-bond donors (Lipinski definition) is 1. The molecule has 0 aliphatic rings. The van der Waals surface area contributed by atoms with E-state index in [1.54, 1.807) is 12.4 Å². The number of anilines is 2. The summed E-state index contributed by atoms with van der Waals surface area (Å²) in [5.41, 5.74) is 3.52. The summed E-state index contributed by atoms with van der Waals surface area (Å²) in [7, 11) is 1.96. The quantitative estimate of drug-likeness (QED) is 0.756. The highest BCUT2D eigenvalue weighted by Crippen LogP contribution is 2.23. The van der Waals surface area contributed by atoms with Crippen LogP contribution in [0.15, 0.2) is 79.1 Å². The SMILES string of the molecule is CC(NC(=O)c1cncc(N(C)c2ccccc2)c1)c1ccccc1. The largest absolute Gasteiger partial charge is 0.345 e. The molecule has 0 aliphatic heterocycles. The van der Waals surface area contributed by atoms with E-state index in [0.29, 0.717) is 5.56 Å². The summed E-state index contributed by atoms with van der Waals surface area (Å²) in [4.78, 5) is 18.8. The van der Waals surface area contributed by atoms with Gasteiger partial charge in [-0.3, -0.25) is 9.78 Å². The first-order valence-electron chi connectivity index (χ1n) is 8.25. The van der Waals surface area contributed by atoms with Crippen LogP contribution in [-0.4, -0.2) is 17.9 Å². The standard InChI is InChI=1S/C21H21N3O/c1-16(17-9-5-3-6-10-17)23-21(25)18-13-20(15-22-14-18)24(2)19-11-7-4-8-12-19/h3-16H,1-2H3,(H,23,25). The van der Waals surface area contributed by atoms with Crippen molar-refractivity contribution in [2.75, 3.05) is 11.9 Å². The topological polar surface area (TPSA) is 45.2 Å². The number of aromatic nitrogens is 1. The summed E-state index contributed by atoms with van der Waals surface area (Å²) < 4.78 is 0. The molecular weight excluding hydrogens is 310 g/mol. The molecule has 1 amide bonds. The van der Waals surface area contributed by atoms with E-state index in [-0.39, 0.29) is 11.9 Å². The van der Waals surface area contributed by atoms with E-state index >= 15 is 0 Å². The van der Waals surface area contributed by atoms with Crippen LogP contribution in [0, 0.1) is 0 Å². The molecule has 126 valence electrons. The van der Waals surface area contributed by atoms with Gasteiger partial charge in [0.05, 0.1) is 23.5 Å². The van der Waals surface area contributed by atoms with Gasteiger partial charge < -0.3 is 10.2 Å². The molecule has 0 bridgehead atoms. The van der Waals surface area contributed by atoms with Crippen molar-refractivity contribution in [3.63, 3.8) is 0 Å². The molecule has 4 heteroatoms. The van der Waals surface area contributed by atoms with E-state index in [0.717, 1.165) is 16.9 Å². The lowest BCUT2D eigenvalue weighted by molar-refractivity contribution is 0.0939. The Morgan fingerprint density at radius 1 is 0.960 bits per heavy atom. The van der Waals surface area contributed by atoms with Crippen LogP contribution in [0.25, 0.3) is 0 Å². The molecule has 3 aromatic rings. The highest BCUT2D eigenvalue weighted by molar-refractivity contribution is 5.95. The Bertz CT molecular complexity index is 834. The first-order valence-corrected chi connectivity index (χ1v) is 8.25. The first kappa shape index (κ1) is 16.7. The number of benzene rings is 2. The van der Waals surface area contributed by atoms with E-state index < -0.39 is 0 Å². The second kappa shape index (κ2) is 7.62. The van der Waals surface area contributed by atoms with Crippen LogP contribution in [0.1, 0.15) is 28.9 Å². The molecular formula is C21H21N3O. The van der Waals surface area contributed by atoms with Crippen LogP contribution >= 0.6 is 0 Å². The Morgan fingerprint density at radius 3 is 2.28 bits per heavy atom. The highest BCUT2D eigenvalue weighted by Gasteiger charge is 2.13. The third-order valence-electron chi connectivity index (χ3n) is 4.16. The van der Waals surface area contributed by atoms with Crippen LogP contribution in [0.2, 0.25) is 0 Å². The molecule has 1 atom stereocenters. The molecule has 3 rings (SSSR count). The number of nitrogens with one attached hydrogen (secondary N) is 1. The molecule has 1 aromatic heterocycles. The summed E-state index contributed by atoms with van der Waals surface area (Å²) in [6.45, 7) is 1.97. The number of carbonyl (C=O) groups excluding carboxylic acids is 1. The zero-order valence-electron chi connectivity index (χ0n) is 14.4. The van der Waals surface area contributed by atoms with Crippen molar-refractivity contribution >= 4 is 17.3 Å². The summed E-state index contributed by atoms with van der Waals surface area (Å²) in [6, 6.07) is 21.7. The Morgan fingerprint density at radius 2 is 1.60 bits per heavy atom. The predicted molar refractivity (Wildman–Crippen MR) is 101 cm³/mol. The van der Waals surface area contributed by atoms with Crippen LogP contribution in [-0.2, 0) is 0 Å². The van der Waals surface area contributed by atoms with E-state index in [2.05, 4.69) is 10.3 Å². The normalized spacial score (nSPS) is 11.6. The predicted octanol–water partition coefficient (Wildman–Crippen LogP) is 4.34. The number of nitrogens with zero attached hydrogens (tertiary/aromatic N) is 2. The molecule has 0 saturated heterocycles. The molecule has 0 aliphatic carbocycles. The average Bonchev–Trinajstić information content (AvgIpc) is 2.68. The lowest BCUT2D eigenvalue weighted by atomic mass is 10.1. The molecule has 1 unspecified atom stereocenters. The van der Waals surface area contributed by atoms with Gasteiger partial charge in [0.15, 0.2) is 0 Å². The van der Waals surface area contributed by atoms with E-state index in [1.807, 2.05) is 85.6 Å². The van der Waals surface area contributed by atoms with Gasteiger partial charge in [-0.1, -0.05) is 48.5 Å². The van der Waals surface area contributed by atoms with Crippen LogP contribution in [0.3, 0.4) is 0 Å². The number of hydrogen-bond acceptors (Lipinski definition) is 3. The summed E-state index contributed by atoms with van der Waals surface area (Å²) >= 11 is 0. The van der Waals surface area contributed by atoms with Gasteiger partial charge in [0.1, 0.15) is 0 Å². The summed E-state index contributed by atoms with van der Waals surface area (Å²) in [6.07, 6.45) is 3.35. The molecule has 0 spiro atoms. The fourth-order valence-electron chi connectivity index (χ4n) is 2.64. The van der Waals surface area contributed by atoms with Crippen molar-refractivity contribution in [2.24, 2.45) is 0 Å². The molecule has 25 heavy (non-hydrogen) atoms. The van der Waals surface area contributed by atoms with Crippen molar-refractivity contribution in [3.8, 4) is 0 Å². The Labute approximate surface area is 148 Å². The molecule has 1 N–H and O–H groups in total. The zero-order chi connectivity index (χ0) is 17.6. The van der Waals surface area contributed by atoms with Crippen molar-refractivity contribution in [1.82, 2.24) is 10.3 Å². The maximum Gasteiger partial charge on any atom is 0.253 e. The Hall–Kier alpha value is -3.14. The second-order valence-corrected chi connectivity index (χ2v) is 5.93. The minimum atomic E-state index is -0.132. The highest BCUT2D eigenvalue weighted by atomic mass is 16.1. The van der Waals surface area contributed by atoms with Crippen molar-refractivity contribution in [2.45, 2.75) is 13.0 Å². The minimum Gasteiger partial charge on any atom is -0.345 e.